The van der Waals surface area contributed by atoms with E-state index in [0.717, 1.165) is 6.42 Å². The van der Waals surface area contributed by atoms with Crippen LogP contribution in [0.1, 0.15) is 56.1 Å². The molecule has 34 heavy (non-hydrogen) atoms. The van der Waals surface area contributed by atoms with Crippen LogP contribution in [0.25, 0.3) is 11.1 Å². The molecule has 1 aliphatic rings. The van der Waals surface area contributed by atoms with Crippen LogP contribution in [0, 0.1) is 11.8 Å². The van der Waals surface area contributed by atoms with E-state index in [0.29, 0.717) is 19.4 Å². The highest BCUT2D eigenvalue weighted by Crippen LogP contribution is 2.44. The van der Waals surface area contributed by atoms with Gasteiger partial charge in [-0.05, 0) is 42.0 Å². The molecule has 2 amide bonds. The molecular weight excluding hydrogens is 432 g/mol. The van der Waals surface area contributed by atoms with Crippen molar-refractivity contribution >= 4 is 18.0 Å². The quantitative estimate of drug-likeness (QED) is 0.345. The molecule has 0 heterocycles. The van der Waals surface area contributed by atoms with Gasteiger partial charge >= 0.3 is 12.1 Å². The lowest BCUT2D eigenvalue weighted by Gasteiger charge is -2.14. The van der Waals surface area contributed by atoms with Gasteiger partial charge in [0.25, 0.3) is 0 Å². The Morgan fingerprint density at radius 2 is 1.65 bits per heavy atom. The molecule has 0 fully saturated rings. The lowest BCUT2D eigenvalue weighted by atomic mass is 9.98. The second-order valence-electron chi connectivity index (χ2n) is 8.15. The first-order valence-corrected chi connectivity index (χ1v) is 11.5. The molecule has 0 aromatic heterocycles. The summed E-state index contributed by atoms with van der Waals surface area (Å²) in [6.07, 6.45) is 1.88. The minimum absolute atomic E-state index is 0.0228. The maximum Gasteiger partial charge on any atom is 0.407 e. The fourth-order valence-corrected chi connectivity index (χ4v) is 4.10. The normalized spacial score (nSPS) is 12.5. The van der Waals surface area contributed by atoms with Crippen molar-refractivity contribution in [1.29, 1.82) is 0 Å². The summed E-state index contributed by atoms with van der Waals surface area (Å²) in [6, 6.07) is 15.4. The van der Waals surface area contributed by atoms with E-state index in [1.807, 2.05) is 24.3 Å². The van der Waals surface area contributed by atoms with E-state index in [4.69, 9.17) is 9.84 Å². The molecule has 0 bridgehead atoms. The zero-order valence-corrected chi connectivity index (χ0v) is 19.3. The zero-order valence-electron chi connectivity index (χ0n) is 19.3. The van der Waals surface area contributed by atoms with Gasteiger partial charge in [-0.3, -0.25) is 4.79 Å². The third-order valence-electron chi connectivity index (χ3n) is 5.81. The maximum absolute atomic E-state index is 12.2. The third kappa shape index (κ3) is 6.61. The van der Waals surface area contributed by atoms with Crippen LogP contribution in [0.2, 0.25) is 0 Å². The predicted molar refractivity (Wildman–Crippen MR) is 129 cm³/mol. The number of fused-ring (bicyclic) bond motifs is 3. The molecule has 3 rings (SSSR count). The Balaban J connectivity index is 1.33. The molecular formula is C27H30N2O5. The molecule has 7 heteroatoms. The number of carboxylic acids is 1. The zero-order chi connectivity index (χ0) is 24.3. The predicted octanol–water partition coefficient (Wildman–Crippen LogP) is 4.07. The van der Waals surface area contributed by atoms with Gasteiger partial charge in [0.05, 0.1) is 0 Å². The van der Waals surface area contributed by atoms with E-state index in [1.54, 1.807) is 6.92 Å². The first-order chi connectivity index (χ1) is 16.5. The number of benzene rings is 2. The Kier molecular flexibility index (Phi) is 9.10. The molecule has 0 saturated heterocycles. The number of carbonyl (C=O) groups excluding carboxylic acids is 2. The Morgan fingerprint density at radius 1 is 1.00 bits per heavy atom. The molecule has 7 nitrogen and oxygen atoms in total. The van der Waals surface area contributed by atoms with Gasteiger partial charge in [-0.25, -0.2) is 9.59 Å². The summed E-state index contributed by atoms with van der Waals surface area (Å²) in [5.74, 6) is 3.91. The molecule has 1 unspecified atom stereocenters. The van der Waals surface area contributed by atoms with Gasteiger partial charge in [0.1, 0.15) is 12.6 Å². The molecule has 0 spiro atoms. The smallest absolute Gasteiger partial charge is 0.407 e. The van der Waals surface area contributed by atoms with Crippen LogP contribution in [-0.4, -0.2) is 42.3 Å². The largest absolute Gasteiger partial charge is 0.480 e. The standard InChI is InChI=1S/C27H30N2O5/c1-2-3-15-24(26(31)32)29-25(30)16-5-4-10-17-28-27(33)34-18-23-21-13-8-6-11-19(21)20-12-7-9-14-22(20)23/h6-9,11-14,23-24H,4-5,10,15-18H2,1H3,(H,28,33)(H,29,30)(H,31,32). The third-order valence-corrected chi connectivity index (χ3v) is 5.81. The van der Waals surface area contributed by atoms with Crippen molar-refractivity contribution in [3.63, 3.8) is 0 Å². The van der Waals surface area contributed by atoms with E-state index in [1.165, 1.54) is 22.3 Å². The Hall–Kier alpha value is -3.79. The van der Waals surface area contributed by atoms with Gasteiger partial charge in [-0.15, -0.1) is 11.8 Å². The fourth-order valence-electron chi connectivity index (χ4n) is 4.10. The van der Waals surface area contributed by atoms with Crippen molar-refractivity contribution in [2.45, 2.75) is 51.0 Å². The van der Waals surface area contributed by atoms with E-state index < -0.39 is 18.1 Å². The SMILES string of the molecule is CC#CCC(NC(=O)CCCCCNC(=O)OCC1c2ccccc2-c2ccccc21)C(=O)O. The highest BCUT2D eigenvalue weighted by Gasteiger charge is 2.28. The van der Waals surface area contributed by atoms with Crippen LogP contribution in [0.3, 0.4) is 0 Å². The van der Waals surface area contributed by atoms with Crippen molar-refractivity contribution in [2.75, 3.05) is 13.2 Å². The van der Waals surface area contributed by atoms with Crippen LogP contribution in [-0.2, 0) is 14.3 Å². The van der Waals surface area contributed by atoms with Gasteiger partial charge < -0.3 is 20.5 Å². The number of alkyl carbamates (subject to hydrolysis) is 1. The summed E-state index contributed by atoms with van der Waals surface area (Å²) in [7, 11) is 0. The summed E-state index contributed by atoms with van der Waals surface area (Å²) in [5, 5.41) is 14.4. The van der Waals surface area contributed by atoms with E-state index in [9.17, 15) is 14.4 Å². The molecule has 0 saturated carbocycles. The molecule has 2 aromatic carbocycles. The minimum atomic E-state index is -1.09. The molecule has 0 radical (unpaired) electrons. The van der Waals surface area contributed by atoms with E-state index >= 15 is 0 Å². The Bertz CT molecular complexity index is 1040. The number of hydrogen-bond donors (Lipinski definition) is 3. The highest BCUT2D eigenvalue weighted by atomic mass is 16.5. The second kappa shape index (κ2) is 12.4. The monoisotopic (exact) mass is 462 g/mol. The summed E-state index contributed by atoms with van der Waals surface area (Å²) < 4.78 is 5.50. The fraction of sp³-hybridized carbons (Fsp3) is 0.370. The first-order valence-electron chi connectivity index (χ1n) is 11.5. The number of carboxylic acid groups (broad SMARTS) is 1. The van der Waals surface area contributed by atoms with E-state index in [-0.39, 0.29) is 31.3 Å². The highest BCUT2D eigenvalue weighted by molar-refractivity contribution is 5.83. The molecule has 2 aromatic rings. The van der Waals surface area contributed by atoms with Crippen LogP contribution in [0.5, 0.6) is 0 Å². The molecule has 178 valence electrons. The number of rotatable bonds is 11. The molecule has 1 atom stereocenters. The van der Waals surface area contributed by atoms with Gasteiger partial charge in [-0.1, -0.05) is 55.0 Å². The van der Waals surface area contributed by atoms with Crippen LogP contribution < -0.4 is 10.6 Å². The lowest BCUT2D eigenvalue weighted by Crippen LogP contribution is -2.40. The van der Waals surface area contributed by atoms with Gasteiger partial charge in [0.2, 0.25) is 5.91 Å². The number of aliphatic carboxylic acids is 1. The van der Waals surface area contributed by atoms with Crippen molar-refractivity contribution in [2.24, 2.45) is 0 Å². The van der Waals surface area contributed by atoms with Crippen molar-refractivity contribution < 1.29 is 24.2 Å². The summed E-state index contributed by atoms with van der Waals surface area (Å²) in [5.41, 5.74) is 4.71. The van der Waals surface area contributed by atoms with Gasteiger partial charge in [-0.2, -0.15) is 0 Å². The number of nitrogens with one attached hydrogen (secondary N) is 2. The van der Waals surface area contributed by atoms with Crippen LogP contribution in [0.15, 0.2) is 48.5 Å². The lowest BCUT2D eigenvalue weighted by molar-refractivity contribution is -0.141. The minimum Gasteiger partial charge on any atom is -0.480 e. The second-order valence-corrected chi connectivity index (χ2v) is 8.15. The van der Waals surface area contributed by atoms with Crippen LogP contribution in [0.4, 0.5) is 4.79 Å². The summed E-state index contributed by atoms with van der Waals surface area (Å²) in [6.45, 7) is 2.34. The number of unbranched alkanes of at least 4 members (excludes halogenated alkanes) is 2. The van der Waals surface area contributed by atoms with Crippen molar-refractivity contribution in [1.82, 2.24) is 10.6 Å². The summed E-state index contributed by atoms with van der Waals surface area (Å²) >= 11 is 0. The molecule has 1 aliphatic carbocycles. The summed E-state index contributed by atoms with van der Waals surface area (Å²) in [4.78, 5) is 35.3. The van der Waals surface area contributed by atoms with Gasteiger partial charge in [0.15, 0.2) is 0 Å². The number of carbonyl (C=O) groups is 3. The number of amides is 2. The number of ether oxygens (including phenoxy) is 1. The van der Waals surface area contributed by atoms with Crippen LogP contribution >= 0.6 is 0 Å². The first kappa shape index (κ1) is 24.8. The average Bonchev–Trinajstić information content (AvgIpc) is 3.16. The Labute approximate surface area is 199 Å². The average molecular weight is 463 g/mol. The topological polar surface area (TPSA) is 105 Å². The maximum atomic E-state index is 12.2. The van der Waals surface area contributed by atoms with Crippen molar-refractivity contribution in [3.05, 3.63) is 59.7 Å². The number of hydrogen-bond acceptors (Lipinski definition) is 4. The van der Waals surface area contributed by atoms with Gasteiger partial charge in [0, 0.05) is 25.3 Å². The molecule has 0 aliphatic heterocycles. The molecule has 3 N–H and O–H groups in total. The van der Waals surface area contributed by atoms with E-state index in [2.05, 4.69) is 46.7 Å². The van der Waals surface area contributed by atoms with Crippen molar-refractivity contribution in [3.8, 4) is 23.0 Å². The Morgan fingerprint density at radius 3 is 2.26 bits per heavy atom.